The SMILES string of the molecule is O=C1CC(CO)CN1c1ccnc(F)c1. The number of pyridine rings is 1. The maximum atomic E-state index is 12.8. The van der Waals surface area contributed by atoms with E-state index in [2.05, 4.69) is 4.98 Å². The van der Waals surface area contributed by atoms with Crippen LogP contribution in [0.4, 0.5) is 10.1 Å². The quantitative estimate of drug-likeness (QED) is 0.726. The number of hydrogen-bond donors (Lipinski definition) is 1. The van der Waals surface area contributed by atoms with Crippen LogP contribution in [-0.2, 0) is 4.79 Å². The summed E-state index contributed by atoms with van der Waals surface area (Å²) in [5, 5.41) is 8.94. The number of carbonyl (C=O) groups excluding carboxylic acids is 1. The highest BCUT2D eigenvalue weighted by atomic mass is 19.1. The van der Waals surface area contributed by atoms with Crippen molar-refractivity contribution in [2.24, 2.45) is 5.92 Å². The van der Waals surface area contributed by atoms with Crippen molar-refractivity contribution in [1.29, 1.82) is 0 Å². The van der Waals surface area contributed by atoms with E-state index < -0.39 is 5.95 Å². The van der Waals surface area contributed by atoms with Gasteiger partial charge in [-0.05, 0) is 6.07 Å². The molecular weight excluding hydrogens is 199 g/mol. The summed E-state index contributed by atoms with van der Waals surface area (Å²) in [5.74, 6) is -0.735. The molecule has 0 radical (unpaired) electrons. The van der Waals surface area contributed by atoms with E-state index in [0.29, 0.717) is 18.7 Å². The molecule has 0 aliphatic carbocycles. The lowest BCUT2D eigenvalue weighted by molar-refractivity contribution is -0.117. The molecule has 1 aliphatic heterocycles. The molecule has 1 aromatic heterocycles. The van der Waals surface area contributed by atoms with Crippen LogP contribution in [0.5, 0.6) is 0 Å². The van der Waals surface area contributed by atoms with Gasteiger partial charge in [0.1, 0.15) is 0 Å². The van der Waals surface area contributed by atoms with E-state index in [1.165, 1.54) is 17.2 Å². The van der Waals surface area contributed by atoms with Gasteiger partial charge in [-0.25, -0.2) is 4.98 Å². The number of aliphatic hydroxyl groups is 1. The van der Waals surface area contributed by atoms with Crippen molar-refractivity contribution in [2.45, 2.75) is 6.42 Å². The molecule has 1 saturated heterocycles. The average molecular weight is 210 g/mol. The first-order valence-electron chi connectivity index (χ1n) is 4.73. The van der Waals surface area contributed by atoms with Crippen LogP contribution in [0.15, 0.2) is 18.3 Å². The molecule has 1 fully saturated rings. The predicted molar refractivity (Wildman–Crippen MR) is 51.7 cm³/mol. The highest BCUT2D eigenvalue weighted by Gasteiger charge is 2.30. The molecule has 0 aromatic carbocycles. The monoisotopic (exact) mass is 210 g/mol. The van der Waals surface area contributed by atoms with E-state index in [9.17, 15) is 9.18 Å². The van der Waals surface area contributed by atoms with Crippen LogP contribution in [0, 0.1) is 11.9 Å². The molecule has 2 heterocycles. The molecule has 15 heavy (non-hydrogen) atoms. The van der Waals surface area contributed by atoms with Crippen molar-refractivity contribution in [1.82, 2.24) is 4.98 Å². The molecule has 1 amide bonds. The van der Waals surface area contributed by atoms with E-state index >= 15 is 0 Å². The third kappa shape index (κ3) is 1.97. The van der Waals surface area contributed by atoms with E-state index in [1.807, 2.05) is 0 Å². The van der Waals surface area contributed by atoms with Gasteiger partial charge in [0.25, 0.3) is 0 Å². The minimum absolute atomic E-state index is 0.0180. The van der Waals surface area contributed by atoms with Gasteiger partial charge in [0.2, 0.25) is 11.9 Å². The summed E-state index contributed by atoms with van der Waals surface area (Å²) < 4.78 is 12.8. The standard InChI is InChI=1S/C10H11FN2O2/c11-9-4-8(1-2-12-9)13-5-7(6-14)3-10(13)15/h1-2,4,7,14H,3,5-6H2. The Morgan fingerprint density at radius 3 is 3.07 bits per heavy atom. The fraction of sp³-hybridized carbons (Fsp3) is 0.400. The number of aromatic nitrogens is 1. The van der Waals surface area contributed by atoms with Crippen molar-refractivity contribution >= 4 is 11.6 Å². The molecule has 80 valence electrons. The van der Waals surface area contributed by atoms with E-state index in [4.69, 9.17) is 5.11 Å². The summed E-state index contributed by atoms with van der Waals surface area (Å²) in [4.78, 5) is 16.4. The Morgan fingerprint density at radius 1 is 1.67 bits per heavy atom. The van der Waals surface area contributed by atoms with Crippen molar-refractivity contribution in [3.63, 3.8) is 0 Å². The second kappa shape index (κ2) is 3.94. The van der Waals surface area contributed by atoms with Crippen LogP contribution < -0.4 is 4.90 Å². The second-order valence-corrected chi connectivity index (χ2v) is 3.59. The molecule has 4 nitrogen and oxygen atoms in total. The van der Waals surface area contributed by atoms with Gasteiger partial charge >= 0.3 is 0 Å². The van der Waals surface area contributed by atoms with Crippen LogP contribution in [0.25, 0.3) is 0 Å². The van der Waals surface area contributed by atoms with Crippen molar-refractivity contribution in [3.05, 3.63) is 24.3 Å². The zero-order chi connectivity index (χ0) is 10.8. The van der Waals surface area contributed by atoms with Crippen molar-refractivity contribution in [2.75, 3.05) is 18.1 Å². The number of hydrogen-bond acceptors (Lipinski definition) is 3. The largest absolute Gasteiger partial charge is 0.396 e. The molecule has 1 atom stereocenters. The zero-order valence-corrected chi connectivity index (χ0v) is 8.06. The summed E-state index contributed by atoms with van der Waals surface area (Å²) >= 11 is 0. The lowest BCUT2D eigenvalue weighted by Gasteiger charge is -2.15. The van der Waals surface area contributed by atoms with Gasteiger partial charge in [-0.15, -0.1) is 0 Å². The molecule has 1 aromatic rings. The Labute approximate surface area is 86.4 Å². The van der Waals surface area contributed by atoms with Crippen molar-refractivity contribution < 1.29 is 14.3 Å². The van der Waals surface area contributed by atoms with Gasteiger partial charge in [-0.2, -0.15) is 4.39 Å². The Morgan fingerprint density at radius 2 is 2.47 bits per heavy atom. The number of amides is 1. The van der Waals surface area contributed by atoms with Gasteiger partial charge < -0.3 is 10.0 Å². The van der Waals surface area contributed by atoms with Crippen LogP contribution in [-0.4, -0.2) is 29.1 Å². The Kier molecular flexibility index (Phi) is 2.64. The minimum atomic E-state index is -0.604. The first-order chi connectivity index (χ1) is 7.20. The summed E-state index contributed by atoms with van der Waals surface area (Å²) in [5.41, 5.74) is 0.503. The number of aliphatic hydroxyl groups excluding tert-OH is 1. The van der Waals surface area contributed by atoms with Gasteiger partial charge in [0, 0.05) is 43.4 Å². The zero-order valence-electron chi connectivity index (χ0n) is 8.06. The number of rotatable bonds is 2. The van der Waals surface area contributed by atoms with Gasteiger partial charge in [-0.1, -0.05) is 0 Å². The van der Waals surface area contributed by atoms with E-state index in [1.54, 1.807) is 6.07 Å². The molecule has 0 spiro atoms. The third-order valence-corrected chi connectivity index (χ3v) is 2.49. The van der Waals surface area contributed by atoms with Gasteiger partial charge in [-0.3, -0.25) is 4.79 Å². The number of halogens is 1. The smallest absolute Gasteiger partial charge is 0.227 e. The highest BCUT2D eigenvalue weighted by Crippen LogP contribution is 2.24. The number of carbonyl (C=O) groups is 1. The van der Waals surface area contributed by atoms with Crippen molar-refractivity contribution in [3.8, 4) is 0 Å². The van der Waals surface area contributed by atoms with Gasteiger partial charge in [0.15, 0.2) is 0 Å². The van der Waals surface area contributed by atoms with Gasteiger partial charge in [0.05, 0.1) is 0 Å². The van der Waals surface area contributed by atoms with E-state index in [-0.39, 0.29) is 18.4 Å². The molecule has 0 saturated carbocycles. The fourth-order valence-electron chi connectivity index (χ4n) is 1.71. The summed E-state index contributed by atoms with van der Waals surface area (Å²) in [6.07, 6.45) is 1.64. The Balaban J connectivity index is 2.21. The molecule has 1 aliphatic rings. The lowest BCUT2D eigenvalue weighted by Crippen LogP contribution is -2.25. The maximum absolute atomic E-state index is 12.8. The van der Waals surface area contributed by atoms with Crippen LogP contribution >= 0.6 is 0 Å². The summed E-state index contributed by atoms with van der Waals surface area (Å²) in [6.45, 7) is 0.425. The molecular formula is C10H11FN2O2. The molecule has 2 rings (SSSR count). The summed E-state index contributed by atoms with van der Waals surface area (Å²) in [7, 11) is 0. The Bertz CT molecular complexity index is 383. The fourth-order valence-corrected chi connectivity index (χ4v) is 1.71. The number of anilines is 1. The third-order valence-electron chi connectivity index (χ3n) is 2.49. The van der Waals surface area contributed by atoms with E-state index in [0.717, 1.165) is 0 Å². The first kappa shape index (κ1) is 10.0. The normalized spacial score (nSPS) is 21.1. The number of nitrogens with zero attached hydrogens (tertiary/aromatic N) is 2. The molecule has 1 unspecified atom stereocenters. The molecule has 5 heteroatoms. The predicted octanol–water partition coefficient (Wildman–Crippen LogP) is 0.566. The first-order valence-corrected chi connectivity index (χ1v) is 4.73. The van der Waals surface area contributed by atoms with Crippen LogP contribution in [0.1, 0.15) is 6.42 Å². The Hall–Kier alpha value is -1.49. The highest BCUT2D eigenvalue weighted by molar-refractivity contribution is 5.95. The average Bonchev–Trinajstić information content (AvgIpc) is 2.60. The lowest BCUT2D eigenvalue weighted by atomic mass is 10.1. The van der Waals surface area contributed by atoms with Crippen LogP contribution in [0.2, 0.25) is 0 Å². The second-order valence-electron chi connectivity index (χ2n) is 3.59. The molecule has 0 bridgehead atoms. The minimum Gasteiger partial charge on any atom is -0.396 e. The van der Waals surface area contributed by atoms with Crippen LogP contribution in [0.3, 0.4) is 0 Å². The topological polar surface area (TPSA) is 53.4 Å². The maximum Gasteiger partial charge on any atom is 0.227 e. The molecule has 1 N–H and O–H groups in total. The summed E-state index contributed by atoms with van der Waals surface area (Å²) in [6, 6.07) is 2.80.